The third kappa shape index (κ3) is 5.22. The predicted octanol–water partition coefficient (Wildman–Crippen LogP) is 3.23. The van der Waals surface area contributed by atoms with Gasteiger partial charge in [0.25, 0.3) is 0 Å². The van der Waals surface area contributed by atoms with Gasteiger partial charge in [-0.2, -0.15) is 0 Å². The van der Waals surface area contributed by atoms with Crippen LogP contribution in [0.4, 0.5) is 5.69 Å². The average Bonchev–Trinajstić information content (AvgIpc) is 2.40. The largest absolute Gasteiger partial charge is 0.351 e. The first-order valence-corrected chi connectivity index (χ1v) is 9.82. The predicted molar refractivity (Wildman–Crippen MR) is 92.8 cm³/mol. The molecule has 5 nitrogen and oxygen atoms in total. The summed E-state index contributed by atoms with van der Waals surface area (Å²) >= 11 is 3.50. The standard InChI is InChI=1S/C15H24BrNO4S/c1-6-20-14(21-7-2)10-17(22(5,18)19)13-8-11(3)15(16)12(4)9-13/h8-9,14H,6-7,10H2,1-5H3. The summed E-state index contributed by atoms with van der Waals surface area (Å²) in [5.74, 6) is 0. The van der Waals surface area contributed by atoms with Crippen molar-refractivity contribution in [2.45, 2.75) is 34.0 Å². The van der Waals surface area contributed by atoms with Crippen LogP contribution in [-0.2, 0) is 19.5 Å². The molecule has 0 fully saturated rings. The molecule has 0 aliphatic carbocycles. The second-order valence-corrected chi connectivity index (χ2v) is 7.73. The molecule has 22 heavy (non-hydrogen) atoms. The number of anilines is 1. The molecule has 0 saturated heterocycles. The normalized spacial score (nSPS) is 12.0. The molecule has 7 heteroatoms. The van der Waals surface area contributed by atoms with Crippen molar-refractivity contribution in [2.75, 3.05) is 30.3 Å². The third-order valence-electron chi connectivity index (χ3n) is 3.13. The summed E-state index contributed by atoms with van der Waals surface area (Å²) in [5, 5.41) is 0. The molecule has 1 rings (SSSR count). The number of hydrogen-bond donors (Lipinski definition) is 0. The van der Waals surface area contributed by atoms with E-state index in [4.69, 9.17) is 9.47 Å². The van der Waals surface area contributed by atoms with Gasteiger partial charge in [-0.15, -0.1) is 0 Å². The summed E-state index contributed by atoms with van der Waals surface area (Å²) in [4.78, 5) is 0. The Morgan fingerprint density at radius 3 is 1.95 bits per heavy atom. The minimum atomic E-state index is -3.44. The Labute approximate surface area is 141 Å². The maximum absolute atomic E-state index is 12.2. The third-order valence-corrected chi connectivity index (χ3v) is 5.54. The number of nitrogens with zero attached hydrogens (tertiary/aromatic N) is 1. The van der Waals surface area contributed by atoms with E-state index >= 15 is 0 Å². The minimum Gasteiger partial charge on any atom is -0.351 e. The van der Waals surface area contributed by atoms with Crippen molar-refractivity contribution in [3.63, 3.8) is 0 Å². The molecule has 0 saturated carbocycles. The molecule has 0 bridgehead atoms. The first-order chi connectivity index (χ1) is 10.2. The highest BCUT2D eigenvalue weighted by atomic mass is 79.9. The SMILES string of the molecule is CCOC(CN(c1cc(C)c(Br)c(C)c1)S(C)(=O)=O)OCC. The molecule has 0 amide bonds. The van der Waals surface area contributed by atoms with E-state index in [0.29, 0.717) is 18.9 Å². The summed E-state index contributed by atoms with van der Waals surface area (Å²) in [6.45, 7) is 8.62. The fraction of sp³-hybridized carbons (Fsp3) is 0.600. The van der Waals surface area contributed by atoms with Crippen molar-refractivity contribution in [1.82, 2.24) is 0 Å². The van der Waals surface area contributed by atoms with E-state index in [1.807, 2.05) is 39.8 Å². The molecule has 0 unspecified atom stereocenters. The van der Waals surface area contributed by atoms with Gasteiger partial charge in [0.2, 0.25) is 10.0 Å². The summed E-state index contributed by atoms with van der Waals surface area (Å²) in [5.41, 5.74) is 2.58. The van der Waals surface area contributed by atoms with E-state index in [1.165, 1.54) is 10.6 Å². The van der Waals surface area contributed by atoms with Crippen LogP contribution in [0.2, 0.25) is 0 Å². The van der Waals surface area contributed by atoms with Crippen LogP contribution in [0.3, 0.4) is 0 Å². The van der Waals surface area contributed by atoms with Crippen molar-refractivity contribution >= 4 is 31.6 Å². The highest BCUT2D eigenvalue weighted by Gasteiger charge is 2.23. The highest BCUT2D eigenvalue weighted by Crippen LogP contribution is 2.28. The molecular weight excluding hydrogens is 370 g/mol. The smallest absolute Gasteiger partial charge is 0.232 e. The molecule has 0 spiro atoms. The molecular formula is C15H24BrNO4S. The number of ether oxygens (including phenoxy) is 2. The Balaban J connectivity index is 3.19. The number of sulfonamides is 1. The second-order valence-electron chi connectivity index (χ2n) is 5.03. The lowest BCUT2D eigenvalue weighted by Gasteiger charge is -2.28. The molecule has 0 aliphatic heterocycles. The van der Waals surface area contributed by atoms with Gasteiger partial charge in [0, 0.05) is 17.7 Å². The van der Waals surface area contributed by atoms with E-state index in [1.54, 1.807) is 0 Å². The van der Waals surface area contributed by atoms with Gasteiger partial charge in [-0.05, 0) is 51.0 Å². The van der Waals surface area contributed by atoms with Crippen LogP contribution in [0, 0.1) is 13.8 Å². The summed E-state index contributed by atoms with van der Waals surface area (Å²) in [6, 6.07) is 3.68. The zero-order valence-electron chi connectivity index (χ0n) is 13.7. The first kappa shape index (κ1) is 19.4. The zero-order chi connectivity index (χ0) is 16.9. The maximum Gasteiger partial charge on any atom is 0.232 e. The van der Waals surface area contributed by atoms with Crippen molar-refractivity contribution in [3.05, 3.63) is 27.7 Å². The molecule has 1 aromatic carbocycles. The van der Waals surface area contributed by atoms with Crippen LogP contribution in [0.5, 0.6) is 0 Å². The summed E-state index contributed by atoms with van der Waals surface area (Å²) in [6.07, 6.45) is 0.600. The van der Waals surface area contributed by atoms with Crippen molar-refractivity contribution in [2.24, 2.45) is 0 Å². The maximum atomic E-state index is 12.2. The van der Waals surface area contributed by atoms with Gasteiger partial charge in [0.05, 0.1) is 18.5 Å². The highest BCUT2D eigenvalue weighted by molar-refractivity contribution is 9.10. The van der Waals surface area contributed by atoms with Crippen LogP contribution >= 0.6 is 15.9 Å². The Kier molecular flexibility index (Phi) is 7.31. The Morgan fingerprint density at radius 2 is 1.59 bits per heavy atom. The van der Waals surface area contributed by atoms with E-state index < -0.39 is 16.3 Å². The van der Waals surface area contributed by atoms with Gasteiger partial charge in [-0.1, -0.05) is 15.9 Å². The van der Waals surface area contributed by atoms with Gasteiger partial charge in [0.15, 0.2) is 6.29 Å². The molecule has 0 N–H and O–H groups in total. The van der Waals surface area contributed by atoms with E-state index in [0.717, 1.165) is 15.6 Å². The van der Waals surface area contributed by atoms with Gasteiger partial charge < -0.3 is 9.47 Å². The van der Waals surface area contributed by atoms with Gasteiger partial charge in [-0.3, -0.25) is 4.31 Å². The van der Waals surface area contributed by atoms with Crippen molar-refractivity contribution in [1.29, 1.82) is 0 Å². The van der Waals surface area contributed by atoms with Crippen LogP contribution < -0.4 is 4.31 Å². The van der Waals surface area contributed by atoms with Crippen LogP contribution in [0.25, 0.3) is 0 Å². The quantitative estimate of drug-likeness (QED) is 0.636. The monoisotopic (exact) mass is 393 g/mol. The van der Waals surface area contributed by atoms with E-state index in [2.05, 4.69) is 15.9 Å². The molecule has 0 radical (unpaired) electrons. The van der Waals surface area contributed by atoms with Crippen LogP contribution in [0.15, 0.2) is 16.6 Å². The van der Waals surface area contributed by atoms with E-state index in [9.17, 15) is 8.42 Å². The molecule has 0 aliphatic rings. The fourth-order valence-electron chi connectivity index (χ4n) is 2.16. The minimum absolute atomic E-state index is 0.126. The fourth-order valence-corrected chi connectivity index (χ4v) is 3.27. The number of aryl methyl sites for hydroxylation is 2. The van der Waals surface area contributed by atoms with Gasteiger partial charge in [-0.25, -0.2) is 8.42 Å². The van der Waals surface area contributed by atoms with Crippen molar-refractivity contribution in [3.8, 4) is 0 Å². The topological polar surface area (TPSA) is 55.8 Å². The summed E-state index contributed by atoms with van der Waals surface area (Å²) in [7, 11) is -3.44. The Bertz CT molecular complexity index is 575. The van der Waals surface area contributed by atoms with Crippen molar-refractivity contribution < 1.29 is 17.9 Å². The molecule has 0 heterocycles. The van der Waals surface area contributed by atoms with Crippen LogP contribution in [0.1, 0.15) is 25.0 Å². The lowest BCUT2D eigenvalue weighted by molar-refractivity contribution is -0.128. The zero-order valence-corrected chi connectivity index (χ0v) is 16.1. The lowest BCUT2D eigenvalue weighted by atomic mass is 10.1. The molecule has 126 valence electrons. The second kappa shape index (κ2) is 8.29. The molecule has 1 aromatic rings. The van der Waals surface area contributed by atoms with Crippen LogP contribution in [-0.4, -0.2) is 40.7 Å². The average molecular weight is 394 g/mol. The summed E-state index contributed by atoms with van der Waals surface area (Å²) < 4.78 is 37.6. The Hall–Kier alpha value is -0.630. The number of benzene rings is 1. The van der Waals surface area contributed by atoms with E-state index in [-0.39, 0.29) is 6.54 Å². The number of hydrogen-bond acceptors (Lipinski definition) is 4. The lowest BCUT2D eigenvalue weighted by Crippen LogP contribution is -2.39. The molecule has 0 atom stereocenters. The number of halogens is 1. The molecule has 0 aromatic heterocycles. The van der Waals surface area contributed by atoms with Gasteiger partial charge >= 0.3 is 0 Å². The Morgan fingerprint density at radius 1 is 1.14 bits per heavy atom. The first-order valence-electron chi connectivity index (χ1n) is 7.18. The van der Waals surface area contributed by atoms with Gasteiger partial charge in [0.1, 0.15) is 0 Å². The number of rotatable bonds is 8.